The number of hydrogen-bond donors (Lipinski definition) is 0. The molecular formula is C14H11Cl2FS. The third-order valence-electron chi connectivity index (χ3n) is 2.50. The molecule has 0 bridgehead atoms. The Hall–Kier alpha value is -0.700. The highest BCUT2D eigenvalue weighted by molar-refractivity contribution is 7.98. The topological polar surface area (TPSA) is 0 Å². The van der Waals surface area contributed by atoms with Gasteiger partial charge in [0.25, 0.3) is 0 Å². The minimum atomic E-state index is -0.368. The predicted molar refractivity (Wildman–Crippen MR) is 77.0 cm³/mol. The predicted octanol–water partition coefficient (Wildman–Crippen LogP) is 5.51. The zero-order chi connectivity index (χ0) is 13.0. The molecule has 0 aliphatic rings. The standard InChI is InChI=1S/C14H11Cl2FS/c15-8-10-4-6-12(7-5-10)18-9-11-2-1-3-13(17)14(11)16/h1-7H,8-9H2. The molecule has 0 fully saturated rings. The van der Waals surface area contributed by atoms with Gasteiger partial charge in [0, 0.05) is 16.5 Å². The van der Waals surface area contributed by atoms with Gasteiger partial charge in [0.1, 0.15) is 5.82 Å². The molecule has 2 aromatic rings. The Kier molecular flexibility index (Phi) is 4.93. The Morgan fingerprint density at radius 3 is 2.44 bits per heavy atom. The van der Waals surface area contributed by atoms with Crippen LogP contribution < -0.4 is 0 Å². The normalized spacial score (nSPS) is 10.6. The molecular weight excluding hydrogens is 290 g/mol. The van der Waals surface area contributed by atoms with Gasteiger partial charge in [0.2, 0.25) is 0 Å². The van der Waals surface area contributed by atoms with Crippen molar-refractivity contribution in [2.24, 2.45) is 0 Å². The Labute approximate surface area is 120 Å². The Balaban J connectivity index is 2.04. The van der Waals surface area contributed by atoms with Crippen molar-refractivity contribution in [2.75, 3.05) is 0 Å². The summed E-state index contributed by atoms with van der Waals surface area (Å²) >= 11 is 13.2. The number of halogens is 3. The van der Waals surface area contributed by atoms with Crippen LogP contribution >= 0.6 is 35.0 Å². The molecule has 0 aliphatic heterocycles. The molecule has 0 saturated heterocycles. The summed E-state index contributed by atoms with van der Waals surface area (Å²) in [6.45, 7) is 0. The molecule has 94 valence electrons. The second-order valence-electron chi connectivity index (χ2n) is 3.78. The summed E-state index contributed by atoms with van der Waals surface area (Å²) < 4.78 is 13.2. The van der Waals surface area contributed by atoms with Crippen LogP contribution in [0, 0.1) is 5.82 Å². The maximum atomic E-state index is 13.2. The molecule has 0 aliphatic carbocycles. The molecule has 0 unspecified atom stereocenters. The lowest BCUT2D eigenvalue weighted by atomic mass is 10.2. The molecule has 0 radical (unpaired) electrons. The largest absolute Gasteiger partial charge is 0.205 e. The first-order chi connectivity index (χ1) is 8.70. The quantitative estimate of drug-likeness (QED) is 0.530. The van der Waals surface area contributed by atoms with Gasteiger partial charge >= 0.3 is 0 Å². The molecule has 0 nitrogen and oxygen atoms in total. The smallest absolute Gasteiger partial charge is 0.142 e. The fourth-order valence-corrected chi connectivity index (χ4v) is 2.84. The highest BCUT2D eigenvalue weighted by atomic mass is 35.5. The van der Waals surface area contributed by atoms with Gasteiger partial charge in [-0.05, 0) is 29.3 Å². The van der Waals surface area contributed by atoms with Crippen LogP contribution in [0.3, 0.4) is 0 Å². The van der Waals surface area contributed by atoms with Crippen molar-refractivity contribution in [3.05, 3.63) is 64.4 Å². The van der Waals surface area contributed by atoms with E-state index in [1.165, 1.54) is 6.07 Å². The average molecular weight is 301 g/mol. The molecule has 2 aromatic carbocycles. The third kappa shape index (κ3) is 3.41. The summed E-state index contributed by atoms with van der Waals surface area (Å²) in [7, 11) is 0. The van der Waals surface area contributed by atoms with Crippen molar-refractivity contribution in [1.29, 1.82) is 0 Å². The third-order valence-corrected chi connectivity index (χ3v) is 4.30. The second-order valence-corrected chi connectivity index (χ2v) is 5.47. The van der Waals surface area contributed by atoms with E-state index in [4.69, 9.17) is 23.2 Å². The number of thioether (sulfide) groups is 1. The van der Waals surface area contributed by atoms with Crippen LogP contribution in [0.2, 0.25) is 5.02 Å². The van der Waals surface area contributed by atoms with E-state index in [1.807, 2.05) is 30.3 Å². The first-order valence-electron chi connectivity index (χ1n) is 5.41. The summed E-state index contributed by atoms with van der Waals surface area (Å²) in [6, 6.07) is 12.9. The van der Waals surface area contributed by atoms with Crippen molar-refractivity contribution in [3.8, 4) is 0 Å². The van der Waals surface area contributed by atoms with E-state index in [-0.39, 0.29) is 10.8 Å². The number of benzene rings is 2. The molecule has 0 saturated carbocycles. The van der Waals surface area contributed by atoms with Gasteiger partial charge in [-0.25, -0.2) is 4.39 Å². The Bertz CT molecular complexity index is 526. The van der Waals surface area contributed by atoms with Gasteiger partial charge in [0.05, 0.1) is 5.02 Å². The SMILES string of the molecule is Fc1cccc(CSc2ccc(CCl)cc2)c1Cl. The van der Waals surface area contributed by atoms with Crippen LogP contribution in [-0.4, -0.2) is 0 Å². The van der Waals surface area contributed by atoms with Gasteiger partial charge in [-0.15, -0.1) is 23.4 Å². The summed E-state index contributed by atoms with van der Waals surface area (Å²) in [5.41, 5.74) is 1.90. The number of hydrogen-bond acceptors (Lipinski definition) is 1. The molecule has 4 heteroatoms. The molecule has 18 heavy (non-hydrogen) atoms. The van der Waals surface area contributed by atoms with Crippen LogP contribution in [0.15, 0.2) is 47.4 Å². The van der Waals surface area contributed by atoms with Gasteiger partial charge in [-0.2, -0.15) is 0 Å². The van der Waals surface area contributed by atoms with Crippen LogP contribution in [0.1, 0.15) is 11.1 Å². The molecule has 2 rings (SSSR count). The molecule has 0 spiro atoms. The van der Waals surface area contributed by atoms with E-state index in [0.29, 0.717) is 11.6 Å². The van der Waals surface area contributed by atoms with Gasteiger partial charge in [0.15, 0.2) is 0 Å². The molecule has 0 amide bonds. The van der Waals surface area contributed by atoms with E-state index in [1.54, 1.807) is 17.8 Å². The van der Waals surface area contributed by atoms with Crippen molar-refractivity contribution in [2.45, 2.75) is 16.5 Å². The van der Waals surface area contributed by atoms with Crippen LogP contribution in [0.4, 0.5) is 4.39 Å². The minimum absolute atomic E-state index is 0.211. The summed E-state index contributed by atoms with van der Waals surface area (Å²) in [5.74, 6) is 0.796. The van der Waals surface area contributed by atoms with Crippen molar-refractivity contribution in [3.63, 3.8) is 0 Å². The molecule has 0 atom stereocenters. The van der Waals surface area contributed by atoms with E-state index in [0.717, 1.165) is 16.0 Å². The van der Waals surface area contributed by atoms with Crippen molar-refractivity contribution < 1.29 is 4.39 Å². The van der Waals surface area contributed by atoms with Crippen molar-refractivity contribution in [1.82, 2.24) is 0 Å². The lowest BCUT2D eigenvalue weighted by Crippen LogP contribution is -1.86. The van der Waals surface area contributed by atoms with Gasteiger partial charge in [-0.3, -0.25) is 0 Å². The van der Waals surface area contributed by atoms with E-state index in [9.17, 15) is 4.39 Å². The maximum Gasteiger partial charge on any atom is 0.142 e. The second kappa shape index (κ2) is 6.46. The van der Waals surface area contributed by atoms with E-state index >= 15 is 0 Å². The summed E-state index contributed by atoms with van der Waals surface area (Å²) in [6.07, 6.45) is 0. The Morgan fingerprint density at radius 2 is 1.78 bits per heavy atom. The number of rotatable bonds is 4. The van der Waals surface area contributed by atoms with E-state index < -0.39 is 0 Å². The van der Waals surface area contributed by atoms with Crippen molar-refractivity contribution >= 4 is 35.0 Å². The monoisotopic (exact) mass is 300 g/mol. The fraction of sp³-hybridized carbons (Fsp3) is 0.143. The summed E-state index contributed by atoms with van der Waals surface area (Å²) in [4.78, 5) is 1.11. The van der Waals surface area contributed by atoms with Gasteiger partial charge in [-0.1, -0.05) is 35.9 Å². The first-order valence-corrected chi connectivity index (χ1v) is 7.31. The van der Waals surface area contributed by atoms with Crippen LogP contribution in [0.5, 0.6) is 0 Å². The molecule has 0 aromatic heterocycles. The van der Waals surface area contributed by atoms with E-state index in [2.05, 4.69) is 0 Å². The maximum absolute atomic E-state index is 13.2. The zero-order valence-corrected chi connectivity index (χ0v) is 11.8. The fourth-order valence-electron chi connectivity index (χ4n) is 1.50. The lowest BCUT2D eigenvalue weighted by molar-refractivity contribution is 0.627. The first kappa shape index (κ1) is 13.7. The Morgan fingerprint density at radius 1 is 1.06 bits per heavy atom. The van der Waals surface area contributed by atoms with Crippen LogP contribution in [0.25, 0.3) is 0 Å². The average Bonchev–Trinajstić information content (AvgIpc) is 2.41. The molecule has 0 heterocycles. The van der Waals surface area contributed by atoms with Crippen LogP contribution in [-0.2, 0) is 11.6 Å². The molecule has 0 N–H and O–H groups in total. The number of alkyl halides is 1. The minimum Gasteiger partial charge on any atom is -0.205 e. The highest BCUT2D eigenvalue weighted by Gasteiger charge is 2.05. The summed E-state index contributed by atoms with van der Waals surface area (Å²) in [5, 5.41) is 0.211. The lowest BCUT2D eigenvalue weighted by Gasteiger charge is -2.05. The highest BCUT2D eigenvalue weighted by Crippen LogP contribution is 2.28. The van der Waals surface area contributed by atoms with Gasteiger partial charge < -0.3 is 0 Å². The zero-order valence-electron chi connectivity index (χ0n) is 9.50.